The van der Waals surface area contributed by atoms with Crippen molar-refractivity contribution >= 4 is 22.4 Å². The highest BCUT2D eigenvalue weighted by molar-refractivity contribution is 6.23. The van der Waals surface area contributed by atoms with Gasteiger partial charge in [0.25, 0.3) is 0 Å². The van der Waals surface area contributed by atoms with Gasteiger partial charge in [0.05, 0.1) is 43.5 Å². The van der Waals surface area contributed by atoms with E-state index < -0.39 is 0 Å². The predicted octanol–water partition coefficient (Wildman–Crippen LogP) is 4.18. The van der Waals surface area contributed by atoms with Gasteiger partial charge in [0.15, 0.2) is 11.5 Å². The Morgan fingerprint density at radius 2 is 1.82 bits per heavy atom. The van der Waals surface area contributed by atoms with Crippen LogP contribution in [-0.4, -0.2) is 58.8 Å². The van der Waals surface area contributed by atoms with Crippen molar-refractivity contribution in [1.82, 2.24) is 14.5 Å². The van der Waals surface area contributed by atoms with Gasteiger partial charge in [-0.3, -0.25) is 5.41 Å². The first-order chi connectivity index (χ1) is 16.0. The Bertz CT molecular complexity index is 1210. The van der Waals surface area contributed by atoms with Gasteiger partial charge in [-0.25, -0.2) is 4.98 Å². The molecule has 8 heteroatoms. The van der Waals surface area contributed by atoms with E-state index in [1.165, 1.54) is 0 Å². The minimum absolute atomic E-state index is 0.159. The number of amidine groups is 1. The van der Waals surface area contributed by atoms with Gasteiger partial charge in [-0.15, -0.1) is 0 Å². The van der Waals surface area contributed by atoms with Crippen molar-refractivity contribution in [2.75, 3.05) is 33.4 Å². The third-order valence-corrected chi connectivity index (χ3v) is 5.77. The topological polar surface area (TPSA) is 92.8 Å². The summed E-state index contributed by atoms with van der Waals surface area (Å²) in [5.74, 6) is 3.18. The fourth-order valence-electron chi connectivity index (χ4n) is 4.10. The molecule has 0 saturated carbocycles. The summed E-state index contributed by atoms with van der Waals surface area (Å²) >= 11 is 0. The summed E-state index contributed by atoms with van der Waals surface area (Å²) in [6.07, 6.45) is 0.704. The zero-order chi connectivity index (χ0) is 23.5. The van der Waals surface area contributed by atoms with E-state index in [9.17, 15) is 5.11 Å². The van der Waals surface area contributed by atoms with Crippen LogP contribution in [-0.2, 0) is 13.5 Å². The van der Waals surface area contributed by atoms with Crippen LogP contribution in [0.3, 0.4) is 0 Å². The Morgan fingerprint density at radius 3 is 2.55 bits per heavy atom. The number of aromatic nitrogens is 2. The average Bonchev–Trinajstić information content (AvgIpc) is 3.28. The van der Waals surface area contributed by atoms with Crippen LogP contribution in [0.2, 0.25) is 0 Å². The number of fused-ring (bicyclic) bond motifs is 1. The van der Waals surface area contributed by atoms with Crippen molar-refractivity contribution in [3.8, 4) is 17.2 Å². The maximum Gasteiger partial charge on any atom is 0.161 e. The molecule has 0 atom stereocenters. The van der Waals surface area contributed by atoms with E-state index in [-0.39, 0.29) is 18.1 Å². The molecule has 8 nitrogen and oxygen atoms in total. The number of aliphatic hydroxyl groups excluding tert-OH is 1. The van der Waals surface area contributed by atoms with Crippen molar-refractivity contribution in [3.63, 3.8) is 0 Å². The highest BCUT2D eigenvalue weighted by atomic mass is 16.5. The molecule has 2 N–H and O–H groups in total. The fourth-order valence-corrected chi connectivity index (χ4v) is 4.10. The largest absolute Gasteiger partial charge is 0.510 e. The number of benzene rings is 2. The number of imidazole rings is 1. The molecule has 4 rings (SSSR count). The van der Waals surface area contributed by atoms with Crippen LogP contribution in [0.4, 0.5) is 0 Å². The summed E-state index contributed by atoms with van der Waals surface area (Å²) in [6, 6.07) is 11.6. The number of nitrogens with zero attached hydrogens (tertiary/aromatic N) is 3. The highest BCUT2D eigenvalue weighted by Crippen LogP contribution is 2.31. The molecule has 0 amide bonds. The lowest BCUT2D eigenvalue weighted by atomic mass is 10.1. The van der Waals surface area contributed by atoms with E-state index in [0.29, 0.717) is 37.6 Å². The molecule has 174 valence electrons. The molecule has 33 heavy (non-hydrogen) atoms. The lowest BCUT2D eigenvalue weighted by Gasteiger charge is -2.19. The summed E-state index contributed by atoms with van der Waals surface area (Å²) in [6.45, 7) is 5.90. The first-order valence-corrected chi connectivity index (χ1v) is 11.1. The van der Waals surface area contributed by atoms with E-state index in [0.717, 1.165) is 33.8 Å². The summed E-state index contributed by atoms with van der Waals surface area (Å²) in [7, 11) is 3.51. The number of aliphatic hydroxyl groups is 1. The van der Waals surface area contributed by atoms with Gasteiger partial charge in [0.1, 0.15) is 23.2 Å². The van der Waals surface area contributed by atoms with Gasteiger partial charge < -0.3 is 28.8 Å². The molecule has 0 spiro atoms. The zero-order valence-corrected chi connectivity index (χ0v) is 19.5. The molecule has 1 aliphatic rings. The van der Waals surface area contributed by atoms with Crippen LogP contribution < -0.4 is 14.2 Å². The van der Waals surface area contributed by atoms with Gasteiger partial charge in [-0.1, -0.05) is 6.07 Å². The normalized spacial score (nSPS) is 13.8. The van der Waals surface area contributed by atoms with E-state index in [1.807, 2.05) is 66.8 Å². The first kappa shape index (κ1) is 22.5. The van der Waals surface area contributed by atoms with Crippen LogP contribution in [0.15, 0.2) is 42.2 Å². The van der Waals surface area contributed by atoms with Gasteiger partial charge >= 0.3 is 0 Å². The van der Waals surface area contributed by atoms with Crippen LogP contribution in [0.25, 0.3) is 16.6 Å². The summed E-state index contributed by atoms with van der Waals surface area (Å²) in [5.41, 5.74) is 3.22. The molecule has 0 bridgehead atoms. The van der Waals surface area contributed by atoms with Crippen LogP contribution in [0, 0.1) is 5.41 Å². The van der Waals surface area contributed by atoms with E-state index >= 15 is 0 Å². The maximum absolute atomic E-state index is 10.7. The molecule has 0 aliphatic carbocycles. The molecule has 2 aromatic carbocycles. The second-order valence-electron chi connectivity index (χ2n) is 7.84. The Hall–Kier alpha value is -3.68. The fraction of sp³-hybridized carbons (Fsp3) is 0.360. The number of hydrogen-bond acceptors (Lipinski definition) is 6. The molecule has 1 aliphatic heterocycles. The minimum Gasteiger partial charge on any atom is -0.510 e. The number of hydrogen-bond donors (Lipinski definition) is 2. The van der Waals surface area contributed by atoms with Crippen molar-refractivity contribution in [3.05, 3.63) is 53.5 Å². The molecule has 3 aromatic rings. The SMILES string of the molecule is CCOc1ccc(CCN2CC(O)=C(c3nc4cc(OC)ccc4n3C)C2=N)cc1OCC. The number of aryl methyl sites for hydroxylation is 1. The van der Waals surface area contributed by atoms with Gasteiger partial charge in [-0.2, -0.15) is 0 Å². The number of methoxy groups -OCH3 is 1. The monoisotopic (exact) mass is 450 g/mol. The summed E-state index contributed by atoms with van der Waals surface area (Å²) < 4.78 is 18.6. The molecular weight excluding hydrogens is 420 g/mol. The number of nitrogens with one attached hydrogen (secondary N) is 1. The van der Waals surface area contributed by atoms with Crippen molar-refractivity contribution in [2.45, 2.75) is 20.3 Å². The number of rotatable bonds is 9. The molecule has 2 heterocycles. The Balaban J connectivity index is 1.51. The second-order valence-corrected chi connectivity index (χ2v) is 7.84. The Morgan fingerprint density at radius 1 is 1.06 bits per heavy atom. The standard InChI is InChI=1S/C25H30N4O4/c1-5-32-21-10-7-16(13-22(21)33-6-2)11-12-29-15-20(30)23(24(29)26)25-27-18-14-17(31-4)8-9-19(18)28(25)3/h7-10,13-14,26,30H,5-6,11-12,15H2,1-4H3. The first-order valence-electron chi connectivity index (χ1n) is 11.1. The van der Waals surface area contributed by atoms with Gasteiger partial charge in [0, 0.05) is 19.7 Å². The van der Waals surface area contributed by atoms with Crippen molar-refractivity contribution in [1.29, 1.82) is 5.41 Å². The summed E-state index contributed by atoms with van der Waals surface area (Å²) in [5, 5.41) is 19.5. The molecular formula is C25H30N4O4. The Labute approximate surface area is 193 Å². The van der Waals surface area contributed by atoms with E-state index in [1.54, 1.807) is 7.11 Å². The second kappa shape index (κ2) is 9.44. The summed E-state index contributed by atoms with van der Waals surface area (Å²) in [4.78, 5) is 6.55. The molecule has 0 radical (unpaired) electrons. The third kappa shape index (κ3) is 4.33. The smallest absolute Gasteiger partial charge is 0.161 e. The predicted molar refractivity (Wildman–Crippen MR) is 129 cm³/mol. The quantitative estimate of drug-likeness (QED) is 0.508. The molecule has 0 saturated heterocycles. The minimum atomic E-state index is 0.159. The van der Waals surface area contributed by atoms with Crippen molar-refractivity contribution in [2.24, 2.45) is 7.05 Å². The van der Waals surface area contributed by atoms with E-state index in [4.69, 9.17) is 19.6 Å². The van der Waals surface area contributed by atoms with Crippen LogP contribution in [0.5, 0.6) is 17.2 Å². The van der Waals surface area contributed by atoms with Crippen LogP contribution >= 0.6 is 0 Å². The third-order valence-electron chi connectivity index (χ3n) is 5.77. The lowest BCUT2D eigenvalue weighted by molar-refractivity contribution is 0.287. The molecule has 1 aromatic heterocycles. The van der Waals surface area contributed by atoms with E-state index in [2.05, 4.69) is 4.98 Å². The Kier molecular flexibility index (Phi) is 6.44. The maximum atomic E-state index is 10.7. The van der Waals surface area contributed by atoms with Crippen LogP contribution in [0.1, 0.15) is 25.2 Å². The number of ether oxygens (including phenoxy) is 3. The molecule has 0 fully saturated rings. The lowest BCUT2D eigenvalue weighted by Crippen LogP contribution is -2.29. The van der Waals surface area contributed by atoms with Gasteiger partial charge in [-0.05, 0) is 50.1 Å². The van der Waals surface area contributed by atoms with Gasteiger partial charge in [0.2, 0.25) is 0 Å². The average molecular weight is 451 g/mol. The molecule has 0 unspecified atom stereocenters. The highest BCUT2D eigenvalue weighted by Gasteiger charge is 2.31. The zero-order valence-electron chi connectivity index (χ0n) is 19.5. The van der Waals surface area contributed by atoms with Crippen molar-refractivity contribution < 1.29 is 19.3 Å².